The summed E-state index contributed by atoms with van der Waals surface area (Å²) in [6, 6.07) is 42.7. The van der Waals surface area contributed by atoms with Crippen molar-refractivity contribution in [3.8, 4) is 6.07 Å². The van der Waals surface area contributed by atoms with Gasteiger partial charge in [0, 0.05) is 17.1 Å². The zero-order chi connectivity index (χ0) is 26.3. The second kappa shape index (κ2) is 11.1. The third kappa shape index (κ3) is 5.53. The molecule has 0 saturated carbocycles. The molecule has 1 N–H and O–H groups in total. The number of fused-ring (bicyclic) bond motifs is 1. The summed E-state index contributed by atoms with van der Waals surface area (Å²) in [5, 5.41) is 20.2. The van der Waals surface area contributed by atoms with Crippen molar-refractivity contribution in [1.29, 1.82) is 5.26 Å². The van der Waals surface area contributed by atoms with E-state index in [1.165, 1.54) is 6.08 Å². The van der Waals surface area contributed by atoms with Crippen molar-refractivity contribution in [2.75, 3.05) is 4.90 Å². The third-order valence-electron chi connectivity index (χ3n) is 6.20. The van der Waals surface area contributed by atoms with Gasteiger partial charge < -0.3 is 10.0 Å². The molecule has 0 fully saturated rings. The molecule has 0 atom stereocenters. The largest absolute Gasteiger partial charge is 0.477 e. The number of para-hydroxylation sites is 2. The first-order chi connectivity index (χ1) is 18.6. The number of hydrogen-bond donors (Lipinski definition) is 1. The molecule has 0 radical (unpaired) electrons. The lowest BCUT2D eigenvalue weighted by molar-refractivity contribution is -0.132. The zero-order valence-corrected chi connectivity index (χ0v) is 20.5. The molecule has 0 saturated heterocycles. The number of rotatable bonds is 7. The minimum absolute atomic E-state index is 0.289. The normalized spacial score (nSPS) is 11.4. The Hall–Kier alpha value is -5.40. The molecule has 0 amide bonds. The van der Waals surface area contributed by atoms with Crippen LogP contribution in [0, 0.1) is 11.3 Å². The number of carbonyl (C=O) groups is 1. The smallest absolute Gasteiger partial charge is 0.346 e. The monoisotopic (exact) mass is 492 g/mol. The van der Waals surface area contributed by atoms with Gasteiger partial charge in [0.1, 0.15) is 11.6 Å². The van der Waals surface area contributed by atoms with E-state index in [4.69, 9.17) is 10.4 Å². The lowest BCUT2D eigenvalue weighted by Gasteiger charge is -2.25. The molecule has 0 aliphatic heterocycles. The quantitative estimate of drug-likeness (QED) is 0.141. The first-order valence-electron chi connectivity index (χ1n) is 12.2. The van der Waals surface area contributed by atoms with Crippen LogP contribution in [0.5, 0.6) is 0 Å². The highest BCUT2D eigenvalue weighted by atomic mass is 16.4. The lowest BCUT2D eigenvalue weighted by Crippen LogP contribution is -2.09. The van der Waals surface area contributed by atoms with E-state index in [-0.39, 0.29) is 5.57 Å². The fraction of sp³-hybridized carbons (Fsp3) is 0. The molecule has 182 valence electrons. The molecule has 0 heterocycles. The fourth-order valence-corrected chi connectivity index (χ4v) is 4.30. The molecule has 0 aliphatic rings. The fourth-order valence-electron chi connectivity index (χ4n) is 4.30. The minimum Gasteiger partial charge on any atom is -0.477 e. The molecule has 4 nitrogen and oxygen atoms in total. The van der Waals surface area contributed by atoms with Crippen LogP contribution in [0.1, 0.15) is 16.7 Å². The summed E-state index contributed by atoms with van der Waals surface area (Å²) in [6.07, 6.45) is 5.43. The van der Waals surface area contributed by atoms with E-state index < -0.39 is 5.97 Å². The maximum Gasteiger partial charge on any atom is 0.346 e. The van der Waals surface area contributed by atoms with Gasteiger partial charge in [-0.25, -0.2) is 4.79 Å². The Balaban J connectivity index is 1.40. The van der Waals surface area contributed by atoms with Gasteiger partial charge in [-0.05, 0) is 76.0 Å². The number of aliphatic carboxylic acids is 1. The lowest BCUT2D eigenvalue weighted by atomic mass is 10.0. The van der Waals surface area contributed by atoms with Crippen molar-refractivity contribution in [2.45, 2.75) is 0 Å². The average Bonchev–Trinajstić information content (AvgIpc) is 2.96. The minimum atomic E-state index is -1.23. The summed E-state index contributed by atoms with van der Waals surface area (Å²) in [7, 11) is 0. The van der Waals surface area contributed by atoms with Crippen molar-refractivity contribution < 1.29 is 9.90 Å². The van der Waals surface area contributed by atoms with Crippen LogP contribution in [-0.4, -0.2) is 11.1 Å². The van der Waals surface area contributed by atoms with Gasteiger partial charge in [-0.3, -0.25) is 0 Å². The van der Waals surface area contributed by atoms with Crippen molar-refractivity contribution in [2.24, 2.45) is 0 Å². The van der Waals surface area contributed by atoms with Crippen LogP contribution in [0.15, 0.2) is 127 Å². The average molecular weight is 493 g/mol. The molecule has 0 aromatic heterocycles. The van der Waals surface area contributed by atoms with Crippen LogP contribution in [0.25, 0.3) is 29.0 Å². The summed E-state index contributed by atoms with van der Waals surface area (Å²) in [6.45, 7) is 0. The Morgan fingerprint density at radius 1 is 0.632 bits per heavy atom. The molecule has 0 spiro atoms. The second-order valence-corrected chi connectivity index (χ2v) is 8.77. The number of benzene rings is 5. The van der Waals surface area contributed by atoms with E-state index in [1.807, 2.05) is 30.3 Å². The van der Waals surface area contributed by atoms with Crippen molar-refractivity contribution >= 4 is 52.0 Å². The molecule has 5 rings (SSSR count). The number of anilines is 3. The summed E-state index contributed by atoms with van der Waals surface area (Å²) in [5.41, 5.74) is 5.74. The predicted molar refractivity (Wildman–Crippen MR) is 155 cm³/mol. The zero-order valence-electron chi connectivity index (χ0n) is 20.5. The molecule has 4 heteroatoms. The first-order valence-corrected chi connectivity index (χ1v) is 12.2. The van der Waals surface area contributed by atoms with Crippen LogP contribution in [0.3, 0.4) is 0 Å². The standard InChI is InChI=1S/C34H24N2O2/c35-24-30(34(37)38)22-26-14-11-25(12-15-26)13-16-27-17-18-29-23-33(20-19-28(29)21-27)36(31-7-3-1-4-8-31)32-9-5-2-6-10-32/h1-23H,(H,37,38)/b16-13+,30-22-. The van der Waals surface area contributed by atoms with Crippen LogP contribution in [0.2, 0.25) is 0 Å². The topological polar surface area (TPSA) is 64.3 Å². The van der Waals surface area contributed by atoms with Gasteiger partial charge >= 0.3 is 5.97 Å². The van der Waals surface area contributed by atoms with Crippen molar-refractivity contribution in [3.63, 3.8) is 0 Å². The summed E-state index contributed by atoms with van der Waals surface area (Å²) >= 11 is 0. The second-order valence-electron chi connectivity index (χ2n) is 8.77. The molecular weight excluding hydrogens is 468 g/mol. The molecule has 5 aromatic carbocycles. The van der Waals surface area contributed by atoms with Crippen molar-refractivity contribution in [3.05, 3.63) is 144 Å². The van der Waals surface area contributed by atoms with E-state index in [2.05, 4.69) is 95.9 Å². The molecule has 38 heavy (non-hydrogen) atoms. The molecule has 0 unspecified atom stereocenters. The Morgan fingerprint density at radius 2 is 1.16 bits per heavy atom. The summed E-state index contributed by atoms with van der Waals surface area (Å²) in [5.74, 6) is -1.23. The van der Waals surface area contributed by atoms with Gasteiger partial charge in [0.25, 0.3) is 0 Å². The van der Waals surface area contributed by atoms with Crippen LogP contribution < -0.4 is 4.90 Å². The molecular formula is C34H24N2O2. The Kier molecular flexibility index (Phi) is 7.11. The maximum atomic E-state index is 11.0. The van der Waals surface area contributed by atoms with Gasteiger partial charge in [-0.15, -0.1) is 0 Å². The Bertz CT molecular complexity index is 1640. The highest BCUT2D eigenvalue weighted by molar-refractivity contribution is 5.96. The van der Waals surface area contributed by atoms with E-state index in [0.717, 1.165) is 39.0 Å². The van der Waals surface area contributed by atoms with Crippen LogP contribution in [-0.2, 0) is 4.79 Å². The van der Waals surface area contributed by atoms with Gasteiger partial charge in [0.2, 0.25) is 0 Å². The van der Waals surface area contributed by atoms with Gasteiger partial charge in [0.15, 0.2) is 0 Å². The van der Waals surface area contributed by atoms with Crippen LogP contribution in [0.4, 0.5) is 17.1 Å². The van der Waals surface area contributed by atoms with Crippen molar-refractivity contribution in [1.82, 2.24) is 0 Å². The predicted octanol–water partition coefficient (Wildman–Crippen LogP) is 8.47. The van der Waals surface area contributed by atoms with E-state index >= 15 is 0 Å². The third-order valence-corrected chi connectivity index (χ3v) is 6.20. The summed E-state index contributed by atoms with van der Waals surface area (Å²) < 4.78 is 0. The van der Waals surface area contributed by atoms with E-state index in [9.17, 15) is 4.79 Å². The van der Waals surface area contributed by atoms with Gasteiger partial charge in [-0.2, -0.15) is 5.26 Å². The van der Waals surface area contributed by atoms with Crippen LogP contribution >= 0.6 is 0 Å². The Labute approximate surface area is 221 Å². The molecule has 0 bridgehead atoms. The maximum absolute atomic E-state index is 11.0. The van der Waals surface area contributed by atoms with Gasteiger partial charge in [0.05, 0.1) is 0 Å². The van der Waals surface area contributed by atoms with E-state index in [0.29, 0.717) is 5.56 Å². The molecule has 5 aromatic rings. The number of hydrogen-bond acceptors (Lipinski definition) is 3. The Morgan fingerprint density at radius 3 is 1.76 bits per heavy atom. The highest BCUT2D eigenvalue weighted by Crippen LogP contribution is 2.35. The SMILES string of the molecule is N#C/C(=C/c1ccc(/C=C/c2ccc3cc(N(c4ccccc4)c4ccccc4)ccc3c2)cc1)C(=O)O. The highest BCUT2D eigenvalue weighted by Gasteiger charge is 2.12. The molecule has 0 aliphatic carbocycles. The van der Waals surface area contributed by atoms with Gasteiger partial charge in [-0.1, -0.05) is 91.0 Å². The summed E-state index contributed by atoms with van der Waals surface area (Å²) in [4.78, 5) is 13.3. The first kappa shape index (κ1) is 24.3. The number of carboxylic acids is 1. The number of nitrogens with zero attached hydrogens (tertiary/aromatic N) is 2. The number of nitriles is 1. The van der Waals surface area contributed by atoms with E-state index in [1.54, 1.807) is 18.2 Å². The number of carboxylic acid groups (broad SMARTS) is 1.